The molecule has 0 bridgehead atoms. The summed E-state index contributed by atoms with van der Waals surface area (Å²) in [5.74, 6) is -0.0751. The Balaban J connectivity index is 1.73. The van der Waals surface area contributed by atoms with E-state index in [0.717, 1.165) is 0 Å². The molecule has 0 fully saturated rings. The van der Waals surface area contributed by atoms with Crippen LogP contribution in [0, 0.1) is 23.1 Å². The van der Waals surface area contributed by atoms with Gasteiger partial charge in [-0.1, -0.05) is 50.2 Å². The van der Waals surface area contributed by atoms with Crippen LogP contribution in [0.15, 0.2) is 78.9 Å². The fraction of sp³-hybridized carbons (Fsp3) is 0.200. The molecule has 0 saturated heterocycles. The van der Waals surface area contributed by atoms with E-state index in [0.29, 0.717) is 17.1 Å². The largest absolute Gasteiger partial charge is 0.478 e. The van der Waals surface area contributed by atoms with Crippen LogP contribution in [-0.4, -0.2) is 12.1 Å². The highest BCUT2D eigenvalue weighted by molar-refractivity contribution is 5.76. The summed E-state index contributed by atoms with van der Waals surface area (Å²) in [5, 5.41) is 9.60. The number of carbonyl (C=O) groups is 1. The number of hydrogen-bond acceptors (Lipinski definition) is 5. The molecule has 3 aromatic rings. The fourth-order valence-electron chi connectivity index (χ4n) is 2.86. The van der Waals surface area contributed by atoms with Crippen LogP contribution in [0.2, 0.25) is 0 Å². The normalized spacial score (nSPS) is 12.5. The SMILES string of the molecule is CC(C)C(Oc1cccc(F)c1)C(=O)OC(C#N)c1cccc(Oc2ccccc2)c1. The van der Waals surface area contributed by atoms with Crippen molar-refractivity contribution in [2.75, 3.05) is 0 Å². The first-order chi connectivity index (χ1) is 15.0. The minimum Gasteiger partial charge on any atom is -0.478 e. The minimum absolute atomic E-state index is 0.211. The maximum Gasteiger partial charge on any atom is 0.349 e. The third-order valence-corrected chi connectivity index (χ3v) is 4.39. The first-order valence-corrected chi connectivity index (χ1v) is 9.81. The summed E-state index contributed by atoms with van der Waals surface area (Å²) in [6, 6.07) is 23.5. The number of nitriles is 1. The molecule has 6 heteroatoms. The molecule has 0 radical (unpaired) electrons. The van der Waals surface area contributed by atoms with Crippen LogP contribution >= 0.6 is 0 Å². The number of carbonyl (C=O) groups excluding carboxylic acids is 1. The Morgan fingerprint density at radius 1 is 0.903 bits per heavy atom. The van der Waals surface area contributed by atoms with Gasteiger partial charge in [-0.05, 0) is 36.4 Å². The number of benzene rings is 3. The third-order valence-electron chi connectivity index (χ3n) is 4.39. The number of hydrogen-bond donors (Lipinski definition) is 0. The first-order valence-electron chi connectivity index (χ1n) is 9.81. The second-order valence-corrected chi connectivity index (χ2v) is 7.17. The van der Waals surface area contributed by atoms with Crippen molar-refractivity contribution in [1.29, 1.82) is 5.26 Å². The number of halogens is 1. The van der Waals surface area contributed by atoms with Crippen molar-refractivity contribution >= 4 is 5.97 Å². The molecule has 0 amide bonds. The van der Waals surface area contributed by atoms with Crippen LogP contribution < -0.4 is 9.47 Å². The molecule has 3 aromatic carbocycles. The van der Waals surface area contributed by atoms with Crippen molar-refractivity contribution in [2.45, 2.75) is 26.1 Å². The van der Waals surface area contributed by atoms with E-state index in [1.807, 2.05) is 36.4 Å². The van der Waals surface area contributed by atoms with Gasteiger partial charge in [0.25, 0.3) is 0 Å². The predicted molar refractivity (Wildman–Crippen MR) is 113 cm³/mol. The van der Waals surface area contributed by atoms with Crippen molar-refractivity contribution in [3.63, 3.8) is 0 Å². The van der Waals surface area contributed by atoms with Crippen molar-refractivity contribution in [2.24, 2.45) is 5.92 Å². The molecule has 31 heavy (non-hydrogen) atoms. The zero-order valence-corrected chi connectivity index (χ0v) is 17.2. The molecule has 0 aliphatic rings. The molecular weight excluding hydrogens is 397 g/mol. The second kappa shape index (κ2) is 10.3. The molecule has 3 rings (SSSR count). The van der Waals surface area contributed by atoms with Crippen molar-refractivity contribution in [1.82, 2.24) is 0 Å². The summed E-state index contributed by atoms with van der Waals surface area (Å²) in [4.78, 5) is 12.8. The van der Waals surface area contributed by atoms with Gasteiger partial charge in [0, 0.05) is 17.5 Å². The number of nitrogens with zero attached hydrogens (tertiary/aromatic N) is 1. The molecule has 0 aromatic heterocycles. The molecule has 5 nitrogen and oxygen atoms in total. The van der Waals surface area contributed by atoms with Crippen LogP contribution in [0.3, 0.4) is 0 Å². The summed E-state index contributed by atoms with van der Waals surface area (Å²) in [6.45, 7) is 3.56. The van der Waals surface area contributed by atoms with Gasteiger partial charge in [-0.25, -0.2) is 9.18 Å². The van der Waals surface area contributed by atoms with Crippen LogP contribution in [-0.2, 0) is 9.53 Å². The van der Waals surface area contributed by atoms with Crippen LogP contribution in [0.1, 0.15) is 25.5 Å². The maximum atomic E-state index is 13.4. The maximum absolute atomic E-state index is 13.4. The second-order valence-electron chi connectivity index (χ2n) is 7.17. The molecule has 0 saturated carbocycles. The minimum atomic E-state index is -1.15. The Bertz CT molecular complexity index is 1060. The number of ether oxygens (including phenoxy) is 3. The molecule has 158 valence electrons. The highest BCUT2D eigenvalue weighted by Crippen LogP contribution is 2.27. The fourth-order valence-corrected chi connectivity index (χ4v) is 2.86. The number of para-hydroxylation sites is 1. The Kier molecular flexibility index (Phi) is 7.23. The van der Waals surface area contributed by atoms with E-state index < -0.39 is 24.0 Å². The van der Waals surface area contributed by atoms with Crippen molar-refractivity contribution < 1.29 is 23.4 Å². The zero-order chi connectivity index (χ0) is 22.2. The molecule has 0 spiro atoms. The predicted octanol–water partition coefficient (Wildman–Crippen LogP) is 5.83. The Morgan fingerprint density at radius 2 is 1.58 bits per heavy atom. The van der Waals surface area contributed by atoms with E-state index in [4.69, 9.17) is 14.2 Å². The van der Waals surface area contributed by atoms with Crippen molar-refractivity contribution in [3.05, 3.63) is 90.2 Å². The van der Waals surface area contributed by atoms with E-state index in [2.05, 4.69) is 0 Å². The molecule has 0 aliphatic carbocycles. The van der Waals surface area contributed by atoms with Gasteiger partial charge in [-0.15, -0.1) is 0 Å². The average molecular weight is 419 g/mol. The molecular formula is C25H22FNO4. The Hall–Kier alpha value is -3.85. The van der Waals surface area contributed by atoms with Gasteiger partial charge in [-0.2, -0.15) is 5.26 Å². The Morgan fingerprint density at radius 3 is 2.26 bits per heavy atom. The van der Waals surface area contributed by atoms with Crippen LogP contribution in [0.4, 0.5) is 4.39 Å². The van der Waals surface area contributed by atoms with E-state index in [1.165, 1.54) is 18.2 Å². The molecule has 2 unspecified atom stereocenters. The summed E-state index contributed by atoms with van der Waals surface area (Å²) in [7, 11) is 0. The van der Waals surface area contributed by atoms with Gasteiger partial charge in [-0.3, -0.25) is 0 Å². The smallest absolute Gasteiger partial charge is 0.349 e. The number of rotatable bonds is 8. The molecule has 0 N–H and O–H groups in total. The molecule has 0 aliphatic heterocycles. The van der Waals surface area contributed by atoms with Gasteiger partial charge in [0.15, 0.2) is 6.10 Å². The highest BCUT2D eigenvalue weighted by Gasteiger charge is 2.29. The quantitative estimate of drug-likeness (QED) is 0.430. The molecule has 0 heterocycles. The highest BCUT2D eigenvalue weighted by atomic mass is 19.1. The molecule has 2 atom stereocenters. The van der Waals surface area contributed by atoms with E-state index in [-0.39, 0.29) is 11.7 Å². The summed E-state index contributed by atoms with van der Waals surface area (Å²) in [6.07, 6.45) is -2.15. The third kappa shape index (κ3) is 6.06. The lowest BCUT2D eigenvalue weighted by Gasteiger charge is -2.22. The monoisotopic (exact) mass is 419 g/mol. The van der Waals surface area contributed by atoms with Crippen molar-refractivity contribution in [3.8, 4) is 23.3 Å². The summed E-state index contributed by atoms with van der Waals surface area (Å²) in [5.41, 5.74) is 0.470. The topological polar surface area (TPSA) is 68.5 Å². The summed E-state index contributed by atoms with van der Waals surface area (Å²) < 4.78 is 30.3. The van der Waals surface area contributed by atoms with Gasteiger partial charge in [0.1, 0.15) is 29.1 Å². The lowest BCUT2D eigenvalue weighted by Crippen LogP contribution is -2.35. The van der Waals surface area contributed by atoms with Gasteiger partial charge >= 0.3 is 5.97 Å². The average Bonchev–Trinajstić information content (AvgIpc) is 2.76. The Labute approximate surface area is 180 Å². The van der Waals surface area contributed by atoms with Gasteiger partial charge in [0.05, 0.1) is 0 Å². The standard InChI is InChI=1S/C25H22FNO4/c1-17(2)24(30-22-13-7-9-19(26)15-22)25(28)31-23(16-27)18-8-6-12-21(14-18)29-20-10-4-3-5-11-20/h3-15,17,23-24H,1-2H3. The van der Waals surface area contributed by atoms with E-state index >= 15 is 0 Å². The lowest BCUT2D eigenvalue weighted by molar-refractivity contribution is -0.157. The van der Waals surface area contributed by atoms with E-state index in [1.54, 1.807) is 44.2 Å². The van der Waals surface area contributed by atoms with Crippen LogP contribution in [0.25, 0.3) is 0 Å². The van der Waals surface area contributed by atoms with E-state index in [9.17, 15) is 14.4 Å². The lowest BCUT2D eigenvalue weighted by atomic mass is 10.1. The first kappa shape index (κ1) is 21.8. The summed E-state index contributed by atoms with van der Waals surface area (Å²) >= 11 is 0. The van der Waals surface area contributed by atoms with Gasteiger partial charge < -0.3 is 14.2 Å². The van der Waals surface area contributed by atoms with Gasteiger partial charge in [0.2, 0.25) is 6.10 Å². The number of esters is 1. The zero-order valence-electron chi connectivity index (χ0n) is 17.2. The van der Waals surface area contributed by atoms with Crippen LogP contribution in [0.5, 0.6) is 17.2 Å².